The first-order valence-corrected chi connectivity index (χ1v) is 3.93. The Bertz CT molecular complexity index is 406. The maximum Gasteiger partial charge on any atom is 0.229 e. The van der Waals surface area contributed by atoms with E-state index in [0.717, 1.165) is 16.8 Å². The van der Waals surface area contributed by atoms with Crippen molar-refractivity contribution in [1.82, 2.24) is 4.98 Å². The molecule has 0 unspecified atom stereocenters. The Kier molecular flexibility index (Phi) is 1.67. The fourth-order valence-corrected chi connectivity index (χ4v) is 1.48. The summed E-state index contributed by atoms with van der Waals surface area (Å²) in [5.41, 5.74) is 2.72. The van der Waals surface area contributed by atoms with E-state index in [9.17, 15) is 5.11 Å². The molecule has 0 amide bonds. The van der Waals surface area contributed by atoms with Gasteiger partial charge in [-0.2, -0.15) is 5.26 Å². The number of aromatic nitrogens is 1. The van der Waals surface area contributed by atoms with Crippen molar-refractivity contribution in [2.24, 2.45) is 0 Å². The zero-order valence-electron chi connectivity index (χ0n) is 7.16. The quantitative estimate of drug-likeness (QED) is 0.640. The van der Waals surface area contributed by atoms with Crippen LogP contribution in [0.4, 0.5) is 0 Å². The van der Waals surface area contributed by atoms with Crippen molar-refractivity contribution in [3.8, 4) is 11.9 Å². The first-order chi connectivity index (χ1) is 6.24. The summed E-state index contributed by atoms with van der Waals surface area (Å²) in [5, 5.41) is 18.1. The van der Waals surface area contributed by atoms with E-state index in [1.54, 1.807) is 6.92 Å². The molecule has 1 aliphatic heterocycles. The number of hydrogen-bond donors (Lipinski definition) is 1. The lowest BCUT2D eigenvalue weighted by Gasteiger charge is -2.04. The Morgan fingerprint density at radius 2 is 2.31 bits per heavy atom. The molecule has 0 aromatic carbocycles. The molecule has 66 valence electrons. The molecule has 0 aliphatic carbocycles. The fourth-order valence-electron chi connectivity index (χ4n) is 1.48. The predicted molar refractivity (Wildman–Crippen MR) is 43.8 cm³/mol. The monoisotopic (exact) mass is 176 g/mol. The summed E-state index contributed by atoms with van der Waals surface area (Å²) in [4.78, 5) is 3.89. The highest BCUT2D eigenvalue weighted by atomic mass is 16.5. The van der Waals surface area contributed by atoms with Crippen LogP contribution in [0.3, 0.4) is 0 Å². The molecule has 0 radical (unpaired) electrons. The van der Waals surface area contributed by atoms with E-state index in [2.05, 4.69) is 4.98 Å². The van der Waals surface area contributed by atoms with Crippen LogP contribution in [0.1, 0.15) is 22.4 Å². The summed E-state index contributed by atoms with van der Waals surface area (Å²) < 4.78 is 5.17. The average molecular weight is 176 g/mol. The third-order valence-electron chi connectivity index (χ3n) is 2.24. The minimum atomic E-state index is -0.191. The van der Waals surface area contributed by atoms with E-state index in [0.29, 0.717) is 13.2 Å². The van der Waals surface area contributed by atoms with Crippen LogP contribution in [0.25, 0.3) is 0 Å². The van der Waals surface area contributed by atoms with Crippen molar-refractivity contribution >= 4 is 0 Å². The van der Waals surface area contributed by atoms with Crippen molar-refractivity contribution in [2.45, 2.75) is 20.1 Å². The number of nitriles is 1. The zero-order valence-corrected chi connectivity index (χ0v) is 7.16. The molecule has 1 N–H and O–H groups in total. The summed E-state index contributed by atoms with van der Waals surface area (Å²) in [6, 6.07) is 1.93. The van der Waals surface area contributed by atoms with Gasteiger partial charge in [0.25, 0.3) is 0 Å². The molecule has 0 saturated heterocycles. The number of fused-ring (bicyclic) bond motifs is 1. The molecule has 0 atom stereocenters. The second-order valence-electron chi connectivity index (χ2n) is 2.97. The van der Waals surface area contributed by atoms with Gasteiger partial charge in [-0.3, -0.25) is 0 Å². The van der Waals surface area contributed by atoms with Gasteiger partial charge >= 0.3 is 0 Å². The average Bonchev–Trinajstić information content (AvgIpc) is 2.53. The van der Waals surface area contributed by atoms with Gasteiger partial charge in [-0.05, 0) is 12.5 Å². The Labute approximate surface area is 75.4 Å². The number of aromatic hydroxyl groups is 1. The minimum absolute atomic E-state index is 0.191. The molecule has 13 heavy (non-hydrogen) atoms. The lowest BCUT2D eigenvalue weighted by atomic mass is 10.0. The number of ether oxygens (including phenoxy) is 1. The van der Waals surface area contributed by atoms with Gasteiger partial charge in [0.1, 0.15) is 11.6 Å². The van der Waals surface area contributed by atoms with Crippen molar-refractivity contribution < 1.29 is 9.84 Å². The lowest BCUT2D eigenvalue weighted by molar-refractivity contribution is 0.133. The summed E-state index contributed by atoms with van der Waals surface area (Å²) in [7, 11) is 0. The molecule has 0 saturated carbocycles. The zero-order chi connectivity index (χ0) is 9.42. The maximum absolute atomic E-state index is 9.37. The van der Waals surface area contributed by atoms with E-state index in [1.807, 2.05) is 6.07 Å². The van der Waals surface area contributed by atoms with Gasteiger partial charge in [-0.25, -0.2) is 4.98 Å². The summed E-state index contributed by atoms with van der Waals surface area (Å²) in [6.45, 7) is 2.71. The van der Waals surface area contributed by atoms with Crippen LogP contribution in [0.15, 0.2) is 0 Å². The van der Waals surface area contributed by atoms with Crippen molar-refractivity contribution in [2.75, 3.05) is 0 Å². The molecular weight excluding hydrogens is 168 g/mol. The van der Waals surface area contributed by atoms with Crippen LogP contribution in [0.5, 0.6) is 5.88 Å². The Balaban J connectivity index is 2.71. The number of pyridine rings is 1. The summed E-state index contributed by atoms with van der Waals surface area (Å²) in [6.07, 6.45) is 0. The standard InChI is InChI=1S/C9H8N2O2/c1-5-6(2-10)9(12)11-8-4-13-3-7(5)8/h3-4H2,1H3,(H,11,12). The lowest BCUT2D eigenvalue weighted by Crippen LogP contribution is -1.96. The smallest absolute Gasteiger partial charge is 0.229 e. The molecule has 0 spiro atoms. The predicted octanol–water partition coefficient (Wildman–Crippen LogP) is 0.997. The first-order valence-electron chi connectivity index (χ1n) is 3.93. The van der Waals surface area contributed by atoms with Gasteiger partial charge in [0.2, 0.25) is 5.88 Å². The van der Waals surface area contributed by atoms with Crippen molar-refractivity contribution in [1.29, 1.82) is 5.26 Å². The molecule has 2 rings (SSSR count). The summed E-state index contributed by atoms with van der Waals surface area (Å²) >= 11 is 0. The molecule has 0 bridgehead atoms. The Morgan fingerprint density at radius 3 is 3.00 bits per heavy atom. The van der Waals surface area contributed by atoms with Gasteiger partial charge in [-0.1, -0.05) is 0 Å². The van der Waals surface area contributed by atoms with E-state index < -0.39 is 0 Å². The molecule has 1 aromatic rings. The van der Waals surface area contributed by atoms with Gasteiger partial charge in [-0.15, -0.1) is 0 Å². The Morgan fingerprint density at radius 1 is 1.54 bits per heavy atom. The molecule has 2 heterocycles. The summed E-state index contributed by atoms with van der Waals surface area (Å²) in [5.74, 6) is -0.191. The van der Waals surface area contributed by atoms with E-state index in [-0.39, 0.29) is 11.4 Å². The highest BCUT2D eigenvalue weighted by Crippen LogP contribution is 2.28. The third kappa shape index (κ3) is 1.05. The van der Waals surface area contributed by atoms with Gasteiger partial charge in [0.05, 0.1) is 18.9 Å². The minimum Gasteiger partial charge on any atom is -0.492 e. The number of rotatable bonds is 0. The normalized spacial score (nSPS) is 13.8. The fraction of sp³-hybridized carbons (Fsp3) is 0.333. The number of nitrogens with zero attached hydrogens (tertiary/aromatic N) is 2. The van der Waals surface area contributed by atoms with Crippen LogP contribution in [-0.4, -0.2) is 10.1 Å². The second kappa shape index (κ2) is 2.71. The van der Waals surface area contributed by atoms with Crippen LogP contribution >= 0.6 is 0 Å². The largest absolute Gasteiger partial charge is 0.492 e. The first kappa shape index (κ1) is 8.02. The van der Waals surface area contributed by atoms with E-state index in [4.69, 9.17) is 10.00 Å². The van der Waals surface area contributed by atoms with Gasteiger partial charge in [0.15, 0.2) is 0 Å². The SMILES string of the molecule is Cc1c(C#N)c(O)nc2c1COC2. The topological polar surface area (TPSA) is 66.1 Å². The highest BCUT2D eigenvalue weighted by Gasteiger charge is 2.20. The molecule has 1 aliphatic rings. The second-order valence-corrected chi connectivity index (χ2v) is 2.97. The van der Waals surface area contributed by atoms with E-state index >= 15 is 0 Å². The van der Waals surface area contributed by atoms with Gasteiger partial charge < -0.3 is 9.84 Å². The van der Waals surface area contributed by atoms with Gasteiger partial charge in [0, 0.05) is 5.56 Å². The molecular formula is C9H8N2O2. The van der Waals surface area contributed by atoms with Crippen LogP contribution in [0, 0.1) is 18.3 Å². The Hall–Kier alpha value is -1.60. The van der Waals surface area contributed by atoms with Crippen molar-refractivity contribution in [3.05, 3.63) is 22.4 Å². The molecule has 0 fully saturated rings. The molecule has 4 nitrogen and oxygen atoms in total. The van der Waals surface area contributed by atoms with Crippen LogP contribution < -0.4 is 0 Å². The van der Waals surface area contributed by atoms with Crippen molar-refractivity contribution in [3.63, 3.8) is 0 Å². The molecule has 1 aromatic heterocycles. The number of hydrogen-bond acceptors (Lipinski definition) is 4. The third-order valence-corrected chi connectivity index (χ3v) is 2.24. The highest BCUT2D eigenvalue weighted by molar-refractivity contribution is 5.49. The van der Waals surface area contributed by atoms with Crippen LogP contribution in [0.2, 0.25) is 0 Å². The maximum atomic E-state index is 9.37. The molecule has 4 heteroatoms. The van der Waals surface area contributed by atoms with E-state index in [1.165, 1.54) is 0 Å². The van der Waals surface area contributed by atoms with Crippen LogP contribution in [-0.2, 0) is 18.0 Å².